The molecule has 0 spiro atoms. The molecule has 2 aromatic rings. The number of carboxylic acids is 1. The van der Waals surface area contributed by atoms with E-state index in [9.17, 15) is 9.59 Å². The first-order chi connectivity index (χ1) is 9.47. The number of nitrogens with zero attached hydrogens (tertiary/aromatic N) is 1. The van der Waals surface area contributed by atoms with Gasteiger partial charge in [-0.05, 0) is 36.8 Å². The third-order valence-electron chi connectivity index (χ3n) is 2.69. The molecule has 0 saturated heterocycles. The molecule has 2 N–H and O–H groups in total. The maximum Gasteiger partial charge on any atom is 0.337 e. The van der Waals surface area contributed by atoms with Gasteiger partial charge in [0.2, 0.25) is 0 Å². The number of nitrogens with one attached hydrogen (secondary N) is 1. The number of rotatable bonds is 3. The number of halogens is 1. The van der Waals surface area contributed by atoms with Gasteiger partial charge in [0.25, 0.3) is 5.91 Å². The Hall–Kier alpha value is -2.21. The van der Waals surface area contributed by atoms with Crippen molar-refractivity contribution < 1.29 is 14.7 Å². The number of aryl methyl sites for hydroxylation is 1. The summed E-state index contributed by atoms with van der Waals surface area (Å²) in [7, 11) is 0. The second-order valence-electron chi connectivity index (χ2n) is 4.15. The van der Waals surface area contributed by atoms with Crippen molar-refractivity contribution in [2.24, 2.45) is 0 Å². The average Bonchev–Trinajstić information content (AvgIpc) is 2.43. The third kappa shape index (κ3) is 3.21. The first-order valence-corrected chi connectivity index (χ1v) is 6.53. The SMILES string of the molecule is Cc1ccc(Br)cc1NC(=O)c1ccc(C(=O)O)cn1. The summed E-state index contributed by atoms with van der Waals surface area (Å²) in [5.41, 5.74) is 1.80. The zero-order valence-electron chi connectivity index (χ0n) is 10.6. The van der Waals surface area contributed by atoms with Crippen LogP contribution in [0.1, 0.15) is 26.4 Å². The van der Waals surface area contributed by atoms with Gasteiger partial charge in [0, 0.05) is 16.4 Å². The van der Waals surface area contributed by atoms with Crippen molar-refractivity contribution in [1.82, 2.24) is 4.98 Å². The van der Waals surface area contributed by atoms with Crippen LogP contribution < -0.4 is 5.32 Å². The third-order valence-corrected chi connectivity index (χ3v) is 3.18. The highest BCUT2D eigenvalue weighted by molar-refractivity contribution is 9.10. The smallest absolute Gasteiger partial charge is 0.337 e. The van der Waals surface area contributed by atoms with Crippen LogP contribution in [0.4, 0.5) is 5.69 Å². The maximum absolute atomic E-state index is 12.0. The van der Waals surface area contributed by atoms with Crippen molar-refractivity contribution in [2.75, 3.05) is 5.32 Å². The van der Waals surface area contributed by atoms with E-state index in [1.165, 1.54) is 12.1 Å². The van der Waals surface area contributed by atoms with E-state index in [-0.39, 0.29) is 17.2 Å². The van der Waals surface area contributed by atoms with Crippen molar-refractivity contribution in [3.05, 3.63) is 57.8 Å². The number of carbonyl (C=O) groups is 2. The van der Waals surface area contributed by atoms with Crippen LogP contribution in [0.25, 0.3) is 0 Å². The van der Waals surface area contributed by atoms with Gasteiger partial charge >= 0.3 is 5.97 Å². The standard InChI is InChI=1S/C14H11BrN2O3/c1-8-2-4-10(15)6-12(8)17-13(18)11-5-3-9(7-16-11)14(19)20/h2-7H,1H3,(H,17,18)(H,19,20). The fourth-order valence-corrected chi connectivity index (χ4v) is 1.93. The number of aromatic carboxylic acids is 1. The van der Waals surface area contributed by atoms with Crippen LogP contribution in [0.2, 0.25) is 0 Å². The fraction of sp³-hybridized carbons (Fsp3) is 0.0714. The van der Waals surface area contributed by atoms with Crippen molar-refractivity contribution in [1.29, 1.82) is 0 Å². The largest absolute Gasteiger partial charge is 0.478 e. The van der Waals surface area contributed by atoms with Crippen LogP contribution in [-0.4, -0.2) is 22.0 Å². The minimum absolute atomic E-state index is 0.0418. The normalized spacial score (nSPS) is 10.1. The number of benzene rings is 1. The minimum atomic E-state index is -1.08. The Kier molecular flexibility index (Phi) is 4.14. The Morgan fingerprint density at radius 1 is 1.25 bits per heavy atom. The first-order valence-electron chi connectivity index (χ1n) is 5.74. The van der Waals surface area contributed by atoms with E-state index in [2.05, 4.69) is 26.2 Å². The summed E-state index contributed by atoms with van der Waals surface area (Å²) >= 11 is 3.34. The summed E-state index contributed by atoms with van der Waals surface area (Å²) in [6.45, 7) is 1.88. The van der Waals surface area contributed by atoms with E-state index in [4.69, 9.17) is 5.11 Å². The molecule has 0 saturated carbocycles. The summed E-state index contributed by atoms with van der Waals surface area (Å²) in [4.78, 5) is 26.6. The predicted molar refractivity (Wildman–Crippen MR) is 78.0 cm³/mol. The number of amides is 1. The summed E-state index contributed by atoms with van der Waals surface area (Å²) in [5, 5.41) is 11.5. The zero-order valence-corrected chi connectivity index (χ0v) is 12.1. The predicted octanol–water partition coefficient (Wildman–Crippen LogP) is 3.10. The van der Waals surface area contributed by atoms with Gasteiger partial charge in [-0.2, -0.15) is 0 Å². The number of pyridine rings is 1. The quantitative estimate of drug-likeness (QED) is 0.903. The zero-order chi connectivity index (χ0) is 14.7. The second-order valence-corrected chi connectivity index (χ2v) is 5.07. The van der Waals surface area contributed by atoms with Gasteiger partial charge in [-0.1, -0.05) is 22.0 Å². The molecule has 5 nitrogen and oxygen atoms in total. The summed E-state index contributed by atoms with van der Waals surface area (Å²) in [6.07, 6.45) is 1.16. The molecule has 102 valence electrons. The highest BCUT2D eigenvalue weighted by atomic mass is 79.9. The number of carbonyl (C=O) groups excluding carboxylic acids is 1. The highest BCUT2D eigenvalue weighted by Gasteiger charge is 2.11. The lowest BCUT2D eigenvalue weighted by molar-refractivity contribution is 0.0696. The van der Waals surface area contributed by atoms with Crippen LogP contribution >= 0.6 is 15.9 Å². The van der Waals surface area contributed by atoms with E-state index < -0.39 is 5.97 Å². The molecule has 1 aromatic carbocycles. The summed E-state index contributed by atoms with van der Waals surface area (Å²) in [6, 6.07) is 8.27. The van der Waals surface area contributed by atoms with Gasteiger partial charge in [-0.3, -0.25) is 9.78 Å². The molecule has 1 aromatic heterocycles. The van der Waals surface area contributed by atoms with Gasteiger partial charge in [0.05, 0.1) is 5.56 Å². The Morgan fingerprint density at radius 3 is 2.60 bits per heavy atom. The molecule has 0 aliphatic rings. The summed E-state index contributed by atoms with van der Waals surface area (Å²) in [5.74, 6) is -1.46. The lowest BCUT2D eigenvalue weighted by atomic mass is 10.2. The van der Waals surface area contributed by atoms with Gasteiger partial charge in [-0.25, -0.2) is 4.79 Å². The van der Waals surface area contributed by atoms with Crippen molar-refractivity contribution in [3.8, 4) is 0 Å². The van der Waals surface area contributed by atoms with Crippen molar-refractivity contribution in [2.45, 2.75) is 6.92 Å². The number of anilines is 1. The van der Waals surface area contributed by atoms with Crippen LogP contribution in [0, 0.1) is 6.92 Å². The van der Waals surface area contributed by atoms with Gasteiger partial charge in [-0.15, -0.1) is 0 Å². The molecule has 0 aliphatic carbocycles. The van der Waals surface area contributed by atoms with E-state index >= 15 is 0 Å². The first kappa shape index (κ1) is 14.2. The lowest BCUT2D eigenvalue weighted by Gasteiger charge is -2.08. The van der Waals surface area contributed by atoms with Crippen molar-refractivity contribution >= 4 is 33.5 Å². The maximum atomic E-state index is 12.0. The van der Waals surface area contributed by atoms with E-state index in [1.807, 2.05) is 19.1 Å². The average molecular weight is 335 g/mol. The molecule has 0 unspecified atom stereocenters. The Morgan fingerprint density at radius 2 is 2.00 bits per heavy atom. The molecule has 1 amide bonds. The fourth-order valence-electron chi connectivity index (χ4n) is 1.57. The molecule has 20 heavy (non-hydrogen) atoms. The molecule has 0 fully saturated rings. The number of aromatic nitrogens is 1. The molecular weight excluding hydrogens is 324 g/mol. The van der Waals surface area contributed by atoms with E-state index in [1.54, 1.807) is 6.07 Å². The van der Waals surface area contributed by atoms with Gasteiger partial charge in [0.15, 0.2) is 0 Å². The molecule has 0 bridgehead atoms. The highest BCUT2D eigenvalue weighted by Crippen LogP contribution is 2.21. The topological polar surface area (TPSA) is 79.3 Å². The molecular formula is C14H11BrN2O3. The Labute approximate surface area is 123 Å². The molecule has 0 aliphatic heterocycles. The summed E-state index contributed by atoms with van der Waals surface area (Å²) < 4.78 is 0.854. The molecule has 2 rings (SSSR count). The lowest BCUT2D eigenvalue weighted by Crippen LogP contribution is -2.14. The molecule has 6 heteroatoms. The Bertz CT molecular complexity index is 669. The van der Waals surface area contributed by atoms with E-state index in [0.717, 1.165) is 16.2 Å². The monoisotopic (exact) mass is 334 g/mol. The van der Waals surface area contributed by atoms with Gasteiger partial charge < -0.3 is 10.4 Å². The number of hydrogen-bond donors (Lipinski definition) is 2. The minimum Gasteiger partial charge on any atom is -0.478 e. The van der Waals surface area contributed by atoms with Gasteiger partial charge in [0.1, 0.15) is 5.69 Å². The van der Waals surface area contributed by atoms with Crippen LogP contribution in [0.5, 0.6) is 0 Å². The molecule has 0 radical (unpaired) electrons. The van der Waals surface area contributed by atoms with Crippen LogP contribution in [-0.2, 0) is 0 Å². The second kappa shape index (κ2) is 5.83. The van der Waals surface area contributed by atoms with Crippen LogP contribution in [0.3, 0.4) is 0 Å². The van der Waals surface area contributed by atoms with Crippen LogP contribution in [0.15, 0.2) is 41.0 Å². The molecule has 1 heterocycles. The van der Waals surface area contributed by atoms with E-state index in [0.29, 0.717) is 5.69 Å². The number of carboxylic acid groups (broad SMARTS) is 1. The molecule has 0 atom stereocenters. The number of hydrogen-bond acceptors (Lipinski definition) is 3. The van der Waals surface area contributed by atoms with Crippen molar-refractivity contribution in [3.63, 3.8) is 0 Å². The Balaban J connectivity index is 2.19.